The number of hydrazone groups is 1. The lowest BCUT2D eigenvalue weighted by atomic mass is 10.1. The Morgan fingerprint density at radius 3 is 2.83 bits per heavy atom. The van der Waals surface area contributed by atoms with Crippen LogP contribution in [0, 0.1) is 6.92 Å². The van der Waals surface area contributed by atoms with Crippen LogP contribution < -0.4 is 5.43 Å². The standard InChI is InChI=1S/C19H16N4S/c1-13-6-5-9-15-10-16-12-21-23-19(24-18(16)22-17(13)15)20-11-14-7-3-2-4-8-14/h2-10,12H,11H2,1H3,(H,20,23). The molecule has 24 heavy (non-hydrogen) atoms. The molecule has 3 aromatic rings. The third-order valence-electron chi connectivity index (χ3n) is 3.85. The average molecular weight is 332 g/mol. The second kappa shape index (κ2) is 6.45. The van der Waals surface area contributed by atoms with E-state index >= 15 is 0 Å². The molecule has 4 nitrogen and oxygen atoms in total. The number of pyridine rings is 1. The first-order chi connectivity index (χ1) is 11.8. The van der Waals surface area contributed by atoms with E-state index < -0.39 is 0 Å². The van der Waals surface area contributed by atoms with Crippen LogP contribution >= 0.6 is 11.8 Å². The predicted octanol–water partition coefficient (Wildman–Crippen LogP) is 4.13. The average Bonchev–Trinajstić information content (AvgIpc) is 2.81. The van der Waals surface area contributed by atoms with Crippen molar-refractivity contribution in [3.63, 3.8) is 0 Å². The monoisotopic (exact) mass is 332 g/mol. The Morgan fingerprint density at radius 2 is 1.96 bits per heavy atom. The van der Waals surface area contributed by atoms with Gasteiger partial charge in [-0.25, -0.2) is 4.98 Å². The Bertz CT molecular complexity index is 948. The number of aryl methyl sites for hydroxylation is 1. The maximum Gasteiger partial charge on any atom is 0.183 e. The van der Waals surface area contributed by atoms with Crippen LogP contribution in [0.1, 0.15) is 16.7 Å². The topological polar surface area (TPSA) is 49.6 Å². The molecule has 1 aliphatic rings. The van der Waals surface area contributed by atoms with E-state index in [0.717, 1.165) is 26.7 Å². The van der Waals surface area contributed by atoms with E-state index in [9.17, 15) is 0 Å². The maximum atomic E-state index is 4.83. The van der Waals surface area contributed by atoms with Gasteiger partial charge in [-0.05, 0) is 35.9 Å². The molecule has 0 fully saturated rings. The molecule has 2 heterocycles. The Balaban J connectivity index is 1.67. The number of nitrogens with one attached hydrogen (secondary N) is 1. The van der Waals surface area contributed by atoms with Crippen molar-refractivity contribution >= 4 is 34.0 Å². The van der Waals surface area contributed by atoms with E-state index in [0.29, 0.717) is 6.54 Å². The summed E-state index contributed by atoms with van der Waals surface area (Å²) in [6, 6.07) is 18.5. The van der Waals surface area contributed by atoms with Crippen molar-refractivity contribution in [1.82, 2.24) is 10.4 Å². The molecule has 0 bridgehead atoms. The zero-order chi connectivity index (χ0) is 16.4. The number of nitrogens with zero attached hydrogens (tertiary/aromatic N) is 3. The number of benzene rings is 2. The van der Waals surface area contributed by atoms with E-state index in [-0.39, 0.29) is 0 Å². The second-order valence-electron chi connectivity index (χ2n) is 5.61. The van der Waals surface area contributed by atoms with E-state index in [4.69, 9.17) is 4.98 Å². The maximum absolute atomic E-state index is 4.83. The molecule has 1 aromatic heterocycles. The summed E-state index contributed by atoms with van der Waals surface area (Å²) >= 11 is 1.52. The molecule has 0 saturated heterocycles. The molecule has 0 aliphatic carbocycles. The van der Waals surface area contributed by atoms with Gasteiger partial charge in [0.2, 0.25) is 0 Å². The van der Waals surface area contributed by atoms with Crippen molar-refractivity contribution < 1.29 is 0 Å². The molecule has 5 heteroatoms. The number of para-hydroxylation sites is 1. The highest BCUT2D eigenvalue weighted by Gasteiger charge is 2.13. The van der Waals surface area contributed by atoms with Crippen molar-refractivity contribution in [2.75, 3.05) is 0 Å². The second-order valence-corrected chi connectivity index (χ2v) is 6.59. The van der Waals surface area contributed by atoms with Gasteiger partial charge in [-0.3, -0.25) is 10.4 Å². The summed E-state index contributed by atoms with van der Waals surface area (Å²) in [5.74, 6) is 0. The van der Waals surface area contributed by atoms with Gasteiger partial charge in [0.1, 0.15) is 5.03 Å². The molecule has 0 amide bonds. The smallest absolute Gasteiger partial charge is 0.183 e. The van der Waals surface area contributed by atoms with Gasteiger partial charge < -0.3 is 0 Å². The molecule has 2 aromatic carbocycles. The summed E-state index contributed by atoms with van der Waals surface area (Å²) in [7, 11) is 0. The largest absolute Gasteiger partial charge is 0.256 e. The SMILES string of the molecule is Cc1cccc2cc3c(nc12)SC(=NCc1ccccc1)NN=C3. The van der Waals surface area contributed by atoms with Crippen LogP contribution in [0.25, 0.3) is 10.9 Å². The van der Waals surface area contributed by atoms with Gasteiger partial charge in [0, 0.05) is 10.9 Å². The summed E-state index contributed by atoms with van der Waals surface area (Å²) in [4.78, 5) is 9.46. The van der Waals surface area contributed by atoms with Gasteiger partial charge >= 0.3 is 0 Å². The third-order valence-corrected chi connectivity index (χ3v) is 4.78. The fraction of sp³-hybridized carbons (Fsp3) is 0.105. The van der Waals surface area contributed by atoms with Crippen LogP contribution in [0.5, 0.6) is 0 Å². The summed E-state index contributed by atoms with van der Waals surface area (Å²) < 4.78 is 0. The van der Waals surface area contributed by atoms with Crippen molar-refractivity contribution in [2.45, 2.75) is 18.5 Å². The van der Waals surface area contributed by atoms with Gasteiger partial charge in [0.05, 0.1) is 18.3 Å². The highest BCUT2D eigenvalue weighted by atomic mass is 32.2. The molecule has 0 spiro atoms. The highest BCUT2D eigenvalue weighted by Crippen LogP contribution is 2.27. The lowest BCUT2D eigenvalue weighted by Gasteiger charge is -2.07. The first-order valence-corrected chi connectivity index (χ1v) is 8.57. The molecule has 0 saturated carbocycles. The van der Waals surface area contributed by atoms with E-state index in [1.165, 1.54) is 22.9 Å². The minimum atomic E-state index is 0.619. The number of hydrogen-bond donors (Lipinski definition) is 1. The van der Waals surface area contributed by atoms with Crippen molar-refractivity contribution in [2.24, 2.45) is 10.1 Å². The number of aromatic nitrogens is 1. The first kappa shape index (κ1) is 14.9. The van der Waals surface area contributed by atoms with Gasteiger partial charge in [-0.15, -0.1) is 0 Å². The minimum absolute atomic E-state index is 0.619. The van der Waals surface area contributed by atoms with Gasteiger partial charge in [-0.1, -0.05) is 48.5 Å². The summed E-state index contributed by atoms with van der Waals surface area (Å²) in [5.41, 5.74) is 7.39. The van der Waals surface area contributed by atoms with Gasteiger partial charge in [-0.2, -0.15) is 5.10 Å². The molecule has 0 atom stereocenters. The van der Waals surface area contributed by atoms with Crippen LogP contribution in [0.3, 0.4) is 0 Å². The summed E-state index contributed by atoms with van der Waals surface area (Å²) in [5, 5.41) is 7.09. The Hall–Kier alpha value is -2.66. The zero-order valence-electron chi connectivity index (χ0n) is 13.2. The normalized spacial score (nSPS) is 15.1. The third kappa shape index (κ3) is 3.03. The molecular weight excluding hydrogens is 316 g/mol. The van der Waals surface area contributed by atoms with Gasteiger partial charge in [0.25, 0.3) is 0 Å². The van der Waals surface area contributed by atoms with Crippen molar-refractivity contribution in [1.29, 1.82) is 0 Å². The fourth-order valence-corrected chi connectivity index (χ4v) is 3.38. The molecule has 0 radical (unpaired) electrons. The van der Waals surface area contributed by atoms with Crippen molar-refractivity contribution in [3.05, 3.63) is 71.3 Å². The van der Waals surface area contributed by atoms with E-state index in [1.807, 2.05) is 24.4 Å². The molecule has 118 valence electrons. The Morgan fingerprint density at radius 1 is 1.08 bits per heavy atom. The van der Waals surface area contributed by atoms with Crippen LogP contribution in [-0.4, -0.2) is 16.4 Å². The highest BCUT2D eigenvalue weighted by molar-refractivity contribution is 8.13. The van der Waals surface area contributed by atoms with Crippen LogP contribution in [-0.2, 0) is 6.54 Å². The lowest BCUT2D eigenvalue weighted by Crippen LogP contribution is -2.12. The van der Waals surface area contributed by atoms with Crippen molar-refractivity contribution in [3.8, 4) is 0 Å². The van der Waals surface area contributed by atoms with E-state index in [2.05, 4.69) is 58.8 Å². The minimum Gasteiger partial charge on any atom is -0.256 e. The molecular formula is C19H16N4S. The van der Waals surface area contributed by atoms with Crippen LogP contribution in [0.15, 0.2) is 69.7 Å². The molecule has 1 N–H and O–H groups in total. The fourth-order valence-electron chi connectivity index (χ4n) is 2.61. The molecule has 1 aliphatic heterocycles. The summed E-state index contributed by atoms with van der Waals surface area (Å²) in [6.45, 7) is 2.70. The number of fused-ring (bicyclic) bond motifs is 2. The predicted molar refractivity (Wildman–Crippen MR) is 101 cm³/mol. The molecule has 0 unspecified atom stereocenters. The zero-order valence-corrected chi connectivity index (χ0v) is 14.0. The number of amidine groups is 1. The summed E-state index contributed by atoms with van der Waals surface area (Å²) in [6.07, 6.45) is 1.81. The number of rotatable bonds is 2. The van der Waals surface area contributed by atoms with E-state index in [1.54, 1.807) is 0 Å². The van der Waals surface area contributed by atoms with Crippen LogP contribution in [0.4, 0.5) is 0 Å². The Labute approximate surface area is 144 Å². The quantitative estimate of drug-likeness (QED) is 0.768. The number of thioether (sulfide) groups is 1. The first-order valence-electron chi connectivity index (χ1n) is 7.75. The molecule has 4 rings (SSSR count). The number of aliphatic imine (C=N–C) groups is 1. The lowest BCUT2D eigenvalue weighted by molar-refractivity contribution is 0.999. The number of hydrogen-bond acceptors (Lipinski definition) is 4. The van der Waals surface area contributed by atoms with Gasteiger partial charge in [0.15, 0.2) is 5.17 Å². The van der Waals surface area contributed by atoms with Crippen LogP contribution in [0.2, 0.25) is 0 Å². The Kier molecular flexibility index (Phi) is 4.01.